The van der Waals surface area contributed by atoms with Crippen molar-refractivity contribution in [2.75, 3.05) is 24.5 Å². The molecule has 2 aromatic carbocycles. The number of amides is 3. The molecule has 0 saturated carbocycles. The third-order valence-corrected chi connectivity index (χ3v) is 5.99. The summed E-state index contributed by atoms with van der Waals surface area (Å²) in [4.78, 5) is 55.3. The van der Waals surface area contributed by atoms with Crippen LogP contribution >= 0.6 is 0 Å². The number of nitrogens with one attached hydrogen (secondary N) is 1. The Hall–Kier alpha value is -4.20. The summed E-state index contributed by atoms with van der Waals surface area (Å²) in [6, 6.07) is 18.5. The van der Waals surface area contributed by atoms with Gasteiger partial charge in [-0.1, -0.05) is 48.5 Å². The SMILES string of the molecule is CC(C)n1cc(C(=O)NCc2ccccc2)c(=O)c(C(=O)N2CCN(c3ccccc3)C(=O)C2)c1. The van der Waals surface area contributed by atoms with Gasteiger partial charge in [0.15, 0.2) is 0 Å². The number of para-hydroxylation sites is 1. The summed E-state index contributed by atoms with van der Waals surface area (Å²) in [7, 11) is 0. The molecule has 35 heavy (non-hydrogen) atoms. The maximum absolute atomic E-state index is 13.3. The molecule has 1 N–H and O–H groups in total. The molecule has 180 valence electrons. The number of benzene rings is 2. The van der Waals surface area contributed by atoms with E-state index in [-0.39, 0.29) is 42.7 Å². The Morgan fingerprint density at radius 2 is 1.51 bits per heavy atom. The third-order valence-electron chi connectivity index (χ3n) is 5.99. The van der Waals surface area contributed by atoms with Crippen molar-refractivity contribution in [2.45, 2.75) is 26.4 Å². The number of carbonyl (C=O) groups is 3. The molecular weight excluding hydrogens is 444 g/mol. The number of hydrogen-bond acceptors (Lipinski definition) is 4. The summed E-state index contributed by atoms with van der Waals surface area (Å²) >= 11 is 0. The summed E-state index contributed by atoms with van der Waals surface area (Å²) in [6.07, 6.45) is 2.94. The molecule has 1 saturated heterocycles. The molecule has 0 spiro atoms. The molecule has 0 radical (unpaired) electrons. The number of nitrogens with zero attached hydrogens (tertiary/aromatic N) is 3. The molecule has 3 aromatic rings. The van der Waals surface area contributed by atoms with Crippen LogP contribution in [-0.4, -0.2) is 46.8 Å². The van der Waals surface area contributed by atoms with Gasteiger partial charge in [0.2, 0.25) is 11.3 Å². The highest BCUT2D eigenvalue weighted by atomic mass is 16.2. The fourth-order valence-electron chi connectivity index (χ4n) is 3.98. The maximum atomic E-state index is 13.3. The number of hydrogen-bond donors (Lipinski definition) is 1. The van der Waals surface area contributed by atoms with Crippen molar-refractivity contribution < 1.29 is 14.4 Å². The molecule has 1 aromatic heterocycles. The first-order valence-corrected chi connectivity index (χ1v) is 11.6. The van der Waals surface area contributed by atoms with Gasteiger partial charge in [0.1, 0.15) is 17.7 Å². The summed E-state index contributed by atoms with van der Waals surface area (Å²) in [5.74, 6) is -1.33. The topological polar surface area (TPSA) is 91.7 Å². The van der Waals surface area contributed by atoms with E-state index in [0.29, 0.717) is 6.54 Å². The highest BCUT2D eigenvalue weighted by Crippen LogP contribution is 2.18. The number of piperazine rings is 1. The number of carbonyl (C=O) groups excluding carboxylic acids is 3. The van der Waals surface area contributed by atoms with E-state index in [1.165, 1.54) is 17.3 Å². The highest BCUT2D eigenvalue weighted by molar-refractivity contribution is 6.03. The van der Waals surface area contributed by atoms with E-state index in [1.807, 2.05) is 74.5 Å². The average molecular weight is 473 g/mol. The van der Waals surface area contributed by atoms with E-state index in [9.17, 15) is 19.2 Å². The molecule has 0 unspecified atom stereocenters. The van der Waals surface area contributed by atoms with Crippen LogP contribution in [0, 0.1) is 0 Å². The lowest BCUT2D eigenvalue weighted by Gasteiger charge is -2.34. The van der Waals surface area contributed by atoms with Gasteiger partial charge in [0.25, 0.3) is 11.8 Å². The highest BCUT2D eigenvalue weighted by Gasteiger charge is 2.31. The van der Waals surface area contributed by atoms with Gasteiger partial charge in [0, 0.05) is 43.8 Å². The van der Waals surface area contributed by atoms with E-state index < -0.39 is 17.2 Å². The number of rotatable bonds is 6. The van der Waals surface area contributed by atoms with Crippen LogP contribution in [0.5, 0.6) is 0 Å². The molecule has 1 aliphatic rings. The molecule has 0 atom stereocenters. The molecule has 8 heteroatoms. The van der Waals surface area contributed by atoms with Gasteiger partial charge in [-0.15, -0.1) is 0 Å². The van der Waals surface area contributed by atoms with Crippen LogP contribution in [0.2, 0.25) is 0 Å². The predicted octanol–water partition coefficient (Wildman–Crippen LogP) is 2.85. The molecule has 1 fully saturated rings. The Morgan fingerprint density at radius 1 is 0.886 bits per heavy atom. The van der Waals surface area contributed by atoms with Crippen LogP contribution in [0.15, 0.2) is 77.9 Å². The Kier molecular flexibility index (Phi) is 7.10. The molecule has 3 amide bonds. The quantitative estimate of drug-likeness (QED) is 0.597. The van der Waals surface area contributed by atoms with Crippen molar-refractivity contribution in [1.82, 2.24) is 14.8 Å². The lowest BCUT2D eigenvalue weighted by atomic mass is 10.1. The van der Waals surface area contributed by atoms with E-state index in [1.54, 1.807) is 9.47 Å². The van der Waals surface area contributed by atoms with Crippen LogP contribution < -0.4 is 15.6 Å². The van der Waals surface area contributed by atoms with E-state index >= 15 is 0 Å². The summed E-state index contributed by atoms with van der Waals surface area (Å²) in [5, 5.41) is 2.76. The van der Waals surface area contributed by atoms with Crippen molar-refractivity contribution in [1.29, 1.82) is 0 Å². The number of pyridine rings is 1. The Balaban J connectivity index is 1.56. The monoisotopic (exact) mass is 472 g/mol. The molecular formula is C27H28N4O4. The second-order valence-corrected chi connectivity index (χ2v) is 8.73. The smallest absolute Gasteiger partial charge is 0.259 e. The number of anilines is 1. The van der Waals surface area contributed by atoms with Crippen molar-refractivity contribution in [3.63, 3.8) is 0 Å². The van der Waals surface area contributed by atoms with Crippen molar-refractivity contribution >= 4 is 23.4 Å². The van der Waals surface area contributed by atoms with Crippen LogP contribution in [0.4, 0.5) is 5.69 Å². The van der Waals surface area contributed by atoms with Gasteiger partial charge in [0.05, 0.1) is 0 Å². The second kappa shape index (κ2) is 10.4. The summed E-state index contributed by atoms with van der Waals surface area (Å²) in [5.41, 5.74) is 0.799. The lowest BCUT2D eigenvalue weighted by Crippen LogP contribution is -2.53. The van der Waals surface area contributed by atoms with Crippen LogP contribution in [0.1, 0.15) is 46.2 Å². The zero-order valence-electron chi connectivity index (χ0n) is 19.8. The van der Waals surface area contributed by atoms with Gasteiger partial charge in [-0.05, 0) is 31.5 Å². The fraction of sp³-hybridized carbons (Fsp3) is 0.259. The average Bonchev–Trinajstić information content (AvgIpc) is 2.88. The van der Waals surface area contributed by atoms with Crippen molar-refractivity contribution in [3.05, 3.63) is 100.0 Å². The van der Waals surface area contributed by atoms with Crippen molar-refractivity contribution in [3.8, 4) is 0 Å². The van der Waals surface area contributed by atoms with Crippen LogP contribution in [0.3, 0.4) is 0 Å². The van der Waals surface area contributed by atoms with Crippen molar-refractivity contribution in [2.24, 2.45) is 0 Å². The van der Waals surface area contributed by atoms with Gasteiger partial charge >= 0.3 is 0 Å². The maximum Gasteiger partial charge on any atom is 0.259 e. The van der Waals surface area contributed by atoms with Crippen LogP contribution in [0.25, 0.3) is 0 Å². The molecule has 8 nitrogen and oxygen atoms in total. The minimum absolute atomic E-state index is 0.0839. The van der Waals surface area contributed by atoms with Crippen LogP contribution in [-0.2, 0) is 11.3 Å². The summed E-state index contributed by atoms with van der Waals surface area (Å²) < 4.78 is 1.67. The van der Waals surface area contributed by atoms with Gasteiger partial charge in [-0.3, -0.25) is 19.2 Å². The first-order chi connectivity index (χ1) is 16.8. The molecule has 4 rings (SSSR count). The minimum Gasteiger partial charge on any atom is -0.350 e. The summed E-state index contributed by atoms with van der Waals surface area (Å²) in [6.45, 7) is 4.52. The molecule has 0 aliphatic carbocycles. The molecule has 1 aliphatic heterocycles. The third kappa shape index (κ3) is 5.32. The standard InChI is InChI=1S/C27H28N4O4/c1-19(2)30-16-22(26(34)28-15-20-9-5-3-6-10-20)25(33)23(17-30)27(35)29-13-14-31(24(32)18-29)21-11-7-4-8-12-21/h3-12,16-17,19H,13-15,18H2,1-2H3,(H,28,34). The largest absolute Gasteiger partial charge is 0.350 e. The lowest BCUT2D eigenvalue weighted by molar-refractivity contribution is -0.120. The first kappa shape index (κ1) is 23.9. The Bertz CT molecular complexity index is 1290. The zero-order chi connectivity index (χ0) is 24.9. The fourth-order valence-corrected chi connectivity index (χ4v) is 3.98. The molecule has 0 bridgehead atoms. The van der Waals surface area contributed by atoms with E-state index in [0.717, 1.165) is 11.3 Å². The Morgan fingerprint density at radius 3 is 2.14 bits per heavy atom. The van der Waals surface area contributed by atoms with E-state index in [2.05, 4.69) is 5.32 Å². The normalized spacial score (nSPS) is 13.7. The number of aromatic nitrogens is 1. The second-order valence-electron chi connectivity index (χ2n) is 8.73. The van der Waals surface area contributed by atoms with Gasteiger partial charge in [-0.2, -0.15) is 0 Å². The Labute approximate surface area is 203 Å². The van der Waals surface area contributed by atoms with Gasteiger partial charge in [-0.25, -0.2) is 0 Å². The molecule has 2 heterocycles. The minimum atomic E-state index is -0.643. The predicted molar refractivity (Wildman–Crippen MR) is 133 cm³/mol. The zero-order valence-corrected chi connectivity index (χ0v) is 19.8. The van der Waals surface area contributed by atoms with Gasteiger partial charge < -0.3 is 19.7 Å². The van der Waals surface area contributed by atoms with E-state index in [4.69, 9.17) is 0 Å². The first-order valence-electron chi connectivity index (χ1n) is 11.6.